The lowest BCUT2D eigenvalue weighted by molar-refractivity contribution is 0.313. The Morgan fingerprint density at radius 2 is 1.93 bits per heavy atom. The lowest BCUT2D eigenvalue weighted by atomic mass is 9.92. The predicted molar refractivity (Wildman–Crippen MR) is 55.6 cm³/mol. The van der Waals surface area contributed by atoms with Gasteiger partial charge < -0.3 is 5.32 Å². The van der Waals surface area contributed by atoms with Gasteiger partial charge in [0.15, 0.2) is 0 Å². The summed E-state index contributed by atoms with van der Waals surface area (Å²) >= 11 is 0. The van der Waals surface area contributed by atoms with E-state index in [4.69, 9.17) is 0 Å². The van der Waals surface area contributed by atoms with Crippen LogP contribution in [0, 0.1) is 5.82 Å². The van der Waals surface area contributed by atoms with Crippen molar-refractivity contribution in [3.05, 3.63) is 35.6 Å². The summed E-state index contributed by atoms with van der Waals surface area (Å²) in [4.78, 5) is 0. The van der Waals surface area contributed by atoms with Gasteiger partial charge in [-0.05, 0) is 37.5 Å². The topological polar surface area (TPSA) is 12.0 Å². The Hall–Kier alpha value is -0.890. The van der Waals surface area contributed by atoms with Crippen molar-refractivity contribution in [2.24, 2.45) is 0 Å². The molecule has 1 aromatic rings. The van der Waals surface area contributed by atoms with Crippen molar-refractivity contribution in [2.45, 2.75) is 38.3 Å². The van der Waals surface area contributed by atoms with Gasteiger partial charge in [-0.1, -0.05) is 18.6 Å². The van der Waals surface area contributed by atoms with E-state index < -0.39 is 0 Å². The minimum atomic E-state index is -0.162. The van der Waals surface area contributed by atoms with E-state index in [1.807, 2.05) is 12.1 Å². The Labute approximate surface area is 84.3 Å². The van der Waals surface area contributed by atoms with Gasteiger partial charge in [0.2, 0.25) is 0 Å². The molecule has 0 saturated heterocycles. The molecule has 1 aliphatic rings. The molecule has 1 aromatic carbocycles. The Morgan fingerprint density at radius 1 is 1.29 bits per heavy atom. The van der Waals surface area contributed by atoms with Crippen molar-refractivity contribution >= 4 is 0 Å². The fraction of sp³-hybridized carbons (Fsp3) is 0.500. The van der Waals surface area contributed by atoms with Gasteiger partial charge in [-0.15, -0.1) is 0 Å². The van der Waals surface area contributed by atoms with Crippen LogP contribution in [0.2, 0.25) is 0 Å². The van der Waals surface area contributed by atoms with Crippen molar-refractivity contribution in [1.82, 2.24) is 5.32 Å². The third-order valence-corrected chi connectivity index (χ3v) is 2.96. The van der Waals surface area contributed by atoms with Crippen LogP contribution in [0.5, 0.6) is 0 Å². The zero-order valence-electron chi connectivity index (χ0n) is 8.46. The number of halogens is 1. The van der Waals surface area contributed by atoms with Crippen molar-refractivity contribution in [1.29, 1.82) is 0 Å². The highest BCUT2D eigenvalue weighted by Crippen LogP contribution is 2.22. The van der Waals surface area contributed by atoms with Crippen LogP contribution in [-0.4, -0.2) is 6.04 Å². The number of benzene rings is 1. The third-order valence-electron chi connectivity index (χ3n) is 2.96. The fourth-order valence-electron chi connectivity index (χ4n) is 1.78. The molecule has 1 nitrogen and oxygen atoms in total. The quantitative estimate of drug-likeness (QED) is 0.778. The van der Waals surface area contributed by atoms with Crippen LogP contribution < -0.4 is 5.32 Å². The van der Waals surface area contributed by atoms with Gasteiger partial charge in [-0.3, -0.25) is 0 Å². The molecule has 0 bridgehead atoms. The molecule has 2 heteroatoms. The van der Waals surface area contributed by atoms with E-state index in [1.165, 1.54) is 37.0 Å². The number of rotatable bonds is 3. The van der Waals surface area contributed by atoms with E-state index in [9.17, 15) is 4.39 Å². The molecule has 1 atom stereocenters. The monoisotopic (exact) mass is 193 g/mol. The van der Waals surface area contributed by atoms with Gasteiger partial charge >= 0.3 is 0 Å². The molecule has 76 valence electrons. The standard InChI is InChI=1S/C12H16FN/c1-9(14-12-3-2-4-12)10-5-7-11(13)8-6-10/h5-9,12,14H,2-4H2,1H3/t9-/m0/s1. The van der Waals surface area contributed by atoms with Gasteiger partial charge in [-0.25, -0.2) is 4.39 Å². The summed E-state index contributed by atoms with van der Waals surface area (Å²) in [5, 5.41) is 3.53. The Morgan fingerprint density at radius 3 is 2.43 bits per heavy atom. The van der Waals surface area contributed by atoms with Gasteiger partial charge in [0.05, 0.1) is 0 Å². The number of hydrogen-bond acceptors (Lipinski definition) is 1. The molecule has 14 heavy (non-hydrogen) atoms. The molecule has 1 fully saturated rings. The van der Waals surface area contributed by atoms with Crippen molar-refractivity contribution in [3.63, 3.8) is 0 Å². The Kier molecular flexibility index (Phi) is 2.82. The number of nitrogens with one attached hydrogen (secondary N) is 1. The largest absolute Gasteiger partial charge is 0.307 e. The molecule has 0 aromatic heterocycles. The second-order valence-corrected chi connectivity index (χ2v) is 4.07. The first-order valence-electron chi connectivity index (χ1n) is 5.27. The van der Waals surface area contributed by atoms with E-state index in [0.29, 0.717) is 12.1 Å². The first-order valence-corrected chi connectivity index (χ1v) is 5.27. The highest BCUT2D eigenvalue weighted by Gasteiger charge is 2.19. The van der Waals surface area contributed by atoms with Crippen LogP contribution in [-0.2, 0) is 0 Å². The third kappa shape index (κ3) is 2.13. The molecule has 0 unspecified atom stereocenters. The first-order chi connectivity index (χ1) is 6.75. The predicted octanol–water partition coefficient (Wildman–Crippen LogP) is 3.03. The molecule has 0 heterocycles. The second-order valence-electron chi connectivity index (χ2n) is 4.07. The van der Waals surface area contributed by atoms with Crippen LogP contribution in [0.4, 0.5) is 4.39 Å². The maximum atomic E-state index is 12.7. The minimum Gasteiger partial charge on any atom is -0.307 e. The summed E-state index contributed by atoms with van der Waals surface area (Å²) < 4.78 is 12.7. The van der Waals surface area contributed by atoms with Crippen LogP contribution in [0.25, 0.3) is 0 Å². The normalized spacial score (nSPS) is 19.0. The van der Waals surface area contributed by atoms with E-state index in [-0.39, 0.29) is 5.82 Å². The van der Waals surface area contributed by atoms with E-state index in [1.54, 1.807) is 0 Å². The summed E-state index contributed by atoms with van der Waals surface area (Å²) in [5.41, 5.74) is 1.17. The molecular formula is C12H16FN. The van der Waals surface area contributed by atoms with Gasteiger partial charge in [0.1, 0.15) is 5.82 Å². The summed E-state index contributed by atoms with van der Waals surface area (Å²) in [6.07, 6.45) is 3.91. The smallest absolute Gasteiger partial charge is 0.123 e. The van der Waals surface area contributed by atoms with Crippen LogP contribution in [0.15, 0.2) is 24.3 Å². The SMILES string of the molecule is C[C@H](NC1CCC1)c1ccc(F)cc1. The summed E-state index contributed by atoms with van der Waals surface area (Å²) in [6, 6.07) is 7.76. The fourth-order valence-corrected chi connectivity index (χ4v) is 1.78. The minimum absolute atomic E-state index is 0.162. The van der Waals surface area contributed by atoms with Crippen LogP contribution in [0.1, 0.15) is 37.8 Å². The zero-order valence-corrected chi connectivity index (χ0v) is 8.46. The maximum Gasteiger partial charge on any atom is 0.123 e. The number of hydrogen-bond donors (Lipinski definition) is 1. The maximum absolute atomic E-state index is 12.7. The lowest BCUT2D eigenvalue weighted by Crippen LogP contribution is -2.36. The van der Waals surface area contributed by atoms with Gasteiger partial charge in [0.25, 0.3) is 0 Å². The van der Waals surface area contributed by atoms with Crippen molar-refractivity contribution < 1.29 is 4.39 Å². The molecular weight excluding hydrogens is 177 g/mol. The van der Waals surface area contributed by atoms with E-state index in [2.05, 4.69) is 12.2 Å². The average molecular weight is 193 g/mol. The summed E-state index contributed by atoms with van der Waals surface area (Å²) in [6.45, 7) is 2.13. The van der Waals surface area contributed by atoms with Crippen molar-refractivity contribution in [2.75, 3.05) is 0 Å². The van der Waals surface area contributed by atoms with Crippen LogP contribution >= 0.6 is 0 Å². The second kappa shape index (κ2) is 4.09. The lowest BCUT2D eigenvalue weighted by Gasteiger charge is -2.30. The highest BCUT2D eigenvalue weighted by atomic mass is 19.1. The molecule has 2 rings (SSSR count). The zero-order chi connectivity index (χ0) is 9.97. The van der Waals surface area contributed by atoms with E-state index >= 15 is 0 Å². The Bertz CT molecular complexity index is 290. The molecule has 1 N–H and O–H groups in total. The van der Waals surface area contributed by atoms with Crippen molar-refractivity contribution in [3.8, 4) is 0 Å². The summed E-state index contributed by atoms with van der Waals surface area (Å²) in [7, 11) is 0. The Balaban J connectivity index is 1.95. The van der Waals surface area contributed by atoms with Gasteiger partial charge in [-0.2, -0.15) is 0 Å². The highest BCUT2D eigenvalue weighted by molar-refractivity contribution is 5.19. The molecule has 0 spiro atoms. The molecule has 1 aliphatic carbocycles. The van der Waals surface area contributed by atoms with E-state index in [0.717, 1.165) is 0 Å². The van der Waals surface area contributed by atoms with Gasteiger partial charge in [0, 0.05) is 12.1 Å². The molecule has 0 aliphatic heterocycles. The first kappa shape index (κ1) is 9.66. The average Bonchev–Trinajstić information content (AvgIpc) is 2.12. The molecule has 0 radical (unpaired) electrons. The van der Waals surface area contributed by atoms with Crippen LogP contribution in [0.3, 0.4) is 0 Å². The molecule has 1 saturated carbocycles. The summed E-state index contributed by atoms with van der Waals surface area (Å²) in [5.74, 6) is -0.162. The molecule has 0 amide bonds.